The van der Waals surface area contributed by atoms with Crippen molar-refractivity contribution in [2.75, 3.05) is 0 Å². The molecular formula is C13H13N5O2S. The van der Waals surface area contributed by atoms with Crippen molar-refractivity contribution in [3.05, 3.63) is 42.6 Å². The minimum absolute atomic E-state index is 0.0942. The van der Waals surface area contributed by atoms with Crippen molar-refractivity contribution in [2.45, 2.75) is 23.9 Å². The molecule has 1 atom stereocenters. The number of amides is 1. The predicted octanol–water partition coefficient (Wildman–Crippen LogP) is 1.51. The van der Waals surface area contributed by atoms with Gasteiger partial charge in [0.2, 0.25) is 11.1 Å². The van der Waals surface area contributed by atoms with Gasteiger partial charge in [-0.1, -0.05) is 11.8 Å². The molecule has 3 rings (SSSR count). The van der Waals surface area contributed by atoms with E-state index in [0.29, 0.717) is 17.5 Å². The lowest BCUT2D eigenvalue weighted by Gasteiger charge is -2.08. The molecule has 1 N–H and O–H groups in total. The molecule has 3 aromatic rings. The number of hydrogen-bond donors (Lipinski definition) is 1. The highest BCUT2D eigenvalue weighted by Gasteiger charge is 2.17. The summed E-state index contributed by atoms with van der Waals surface area (Å²) in [6.07, 6.45) is 4.99. The largest absolute Gasteiger partial charge is 0.467 e. The number of fused-ring (bicyclic) bond motifs is 1. The molecular weight excluding hydrogens is 290 g/mol. The van der Waals surface area contributed by atoms with Gasteiger partial charge in [-0.3, -0.25) is 4.79 Å². The molecule has 108 valence electrons. The summed E-state index contributed by atoms with van der Waals surface area (Å²) >= 11 is 1.29. The van der Waals surface area contributed by atoms with Gasteiger partial charge in [-0.25, -0.2) is 9.50 Å². The number of thioether (sulfide) groups is 1. The van der Waals surface area contributed by atoms with Crippen LogP contribution in [-0.2, 0) is 11.3 Å². The molecule has 1 amide bonds. The Balaban J connectivity index is 1.59. The van der Waals surface area contributed by atoms with Crippen molar-refractivity contribution in [3.8, 4) is 0 Å². The van der Waals surface area contributed by atoms with Crippen molar-refractivity contribution < 1.29 is 9.21 Å². The molecule has 0 aromatic carbocycles. The molecule has 0 radical (unpaired) electrons. The molecule has 0 bridgehead atoms. The van der Waals surface area contributed by atoms with E-state index in [2.05, 4.69) is 20.4 Å². The first kappa shape index (κ1) is 13.6. The quantitative estimate of drug-likeness (QED) is 0.719. The Kier molecular flexibility index (Phi) is 3.87. The summed E-state index contributed by atoms with van der Waals surface area (Å²) < 4.78 is 6.74. The average molecular weight is 303 g/mol. The molecule has 7 nitrogen and oxygen atoms in total. The lowest BCUT2D eigenvalue weighted by atomic mass is 10.4. The summed E-state index contributed by atoms with van der Waals surface area (Å²) in [5.41, 5.74) is 0. The molecule has 0 saturated carbocycles. The van der Waals surface area contributed by atoms with E-state index in [1.807, 2.05) is 6.07 Å². The topological polar surface area (TPSA) is 85.3 Å². The van der Waals surface area contributed by atoms with E-state index in [9.17, 15) is 4.79 Å². The zero-order chi connectivity index (χ0) is 14.7. The van der Waals surface area contributed by atoms with Crippen molar-refractivity contribution in [1.82, 2.24) is 24.9 Å². The van der Waals surface area contributed by atoms with Gasteiger partial charge < -0.3 is 9.73 Å². The predicted molar refractivity (Wildman–Crippen MR) is 76.7 cm³/mol. The summed E-state index contributed by atoms with van der Waals surface area (Å²) in [5.74, 6) is 1.14. The number of nitrogens with one attached hydrogen (secondary N) is 1. The summed E-state index contributed by atoms with van der Waals surface area (Å²) in [4.78, 5) is 20.3. The van der Waals surface area contributed by atoms with Gasteiger partial charge >= 0.3 is 0 Å². The average Bonchev–Trinajstić information content (AvgIpc) is 3.13. The van der Waals surface area contributed by atoms with Crippen LogP contribution in [0, 0.1) is 0 Å². The molecule has 0 saturated heterocycles. The number of aromatic nitrogens is 4. The zero-order valence-electron chi connectivity index (χ0n) is 11.3. The Bertz CT molecular complexity index is 707. The van der Waals surface area contributed by atoms with Gasteiger partial charge in [0.1, 0.15) is 5.76 Å². The Hall–Kier alpha value is -2.35. The molecule has 0 aliphatic carbocycles. The smallest absolute Gasteiger partial charge is 0.253 e. The van der Waals surface area contributed by atoms with Crippen LogP contribution in [0.4, 0.5) is 0 Å². The van der Waals surface area contributed by atoms with Crippen LogP contribution in [0.5, 0.6) is 0 Å². The molecule has 0 fully saturated rings. The first-order chi connectivity index (χ1) is 10.2. The van der Waals surface area contributed by atoms with Crippen LogP contribution in [0.15, 0.2) is 46.4 Å². The van der Waals surface area contributed by atoms with E-state index in [1.165, 1.54) is 11.8 Å². The van der Waals surface area contributed by atoms with E-state index in [0.717, 1.165) is 5.76 Å². The van der Waals surface area contributed by atoms with Crippen LogP contribution in [0.1, 0.15) is 12.7 Å². The van der Waals surface area contributed by atoms with Crippen LogP contribution in [0.2, 0.25) is 0 Å². The molecule has 21 heavy (non-hydrogen) atoms. The second-order valence-electron chi connectivity index (χ2n) is 4.32. The van der Waals surface area contributed by atoms with Crippen LogP contribution in [-0.4, -0.2) is 30.7 Å². The SMILES string of the molecule is C[C@@H](Sc1nc2ncccn2n1)C(=O)NCc1ccco1. The second-order valence-corrected chi connectivity index (χ2v) is 5.62. The lowest BCUT2D eigenvalue weighted by Crippen LogP contribution is -2.30. The fourth-order valence-electron chi connectivity index (χ4n) is 1.71. The highest BCUT2D eigenvalue weighted by atomic mass is 32.2. The standard InChI is InChI=1S/C13H13N5O2S/c1-9(11(19)15-8-10-4-2-7-20-10)21-13-16-12-14-5-3-6-18(12)17-13/h2-7,9H,8H2,1H3,(H,15,19)/t9-/m1/s1. The van der Waals surface area contributed by atoms with Crippen LogP contribution < -0.4 is 5.32 Å². The van der Waals surface area contributed by atoms with Gasteiger partial charge in [0.05, 0.1) is 18.1 Å². The van der Waals surface area contributed by atoms with Gasteiger partial charge in [0.25, 0.3) is 5.78 Å². The highest BCUT2D eigenvalue weighted by molar-refractivity contribution is 8.00. The number of nitrogens with zero attached hydrogens (tertiary/aromatic N) is 4. The van der Waals surface area contributed by atoms with Crippen molar-refractivity contribution in [2.24, 2.45) is 0 Å². The maximum atomic E-state index is 12.0. The van der Waals surface area contributed by atoms with Crippen LogP contribution >= 0.6 is 11.8 Å². The number of carbonyl (C=O) groups is 1. The van der Waals surface area contributed by atoms with Gasteiger partial charge in [-0.05, 0) is 25.1 Å². The molecule has 0 aliphatic heterocycles. The minimum atomic E-state index is -0.308. The van der Waals surface area contributed by atoms with Crippen LogP contribution in [0.3, 0.4) is 0 Å². The minimum Gasteiger partial charge on any atom is -0.467 e. The Morgan fingerprint density at radius 1 is 1.52 bits per heavy atom. The third kappa shape index (κ3) is 3.22. The zero-order valence-corrected chi connectivity index (χ0v) is 12.1. The summed E-state index contributed by atoms with van der Waals surface area (Å²) in [5, 5.41) is 7.27. The van der Waals surface area contributed by atoms with Crippen molar-refractivity contribution >= 4 is 23.4 Å². The highest BCUT2D eigenvalue weighted by Crippen LogP contribution is 2.19. The van der Waals surface area contributed by atoms with E-state index >= 15 is 0 Å². The molecule has 0 unspecified atom stereocenters. The van der Waals surface area contributed by atoms with E-state index in [4.69, 9.17) is 4.42 Å². The van der Waals surface area contributed by atoms with E-state index < -0.39 is 0 Å². The maximum Gasteiger partial charge on any atom is 0.253 e. The molecule has 3 heterocycles. The van der Waals surface area contributed by atoms with Crippen molar-refractivity contribution in [1.29, 1.82) is 0 Å². The fraction of sp³-hybridized carbons (Fsp3) is 0.231. The summed E-state index contributed by atoms with van der Waals surface area (Å²) in [6.45, 7) is 2.18. The van der Waals surface area contributed by atoms with Gasteiger partial charge in [0, 0.05) is 12.4 Å². The summed E-state index contributed by atoms with van der Waals surface area (Å²) in [6, 6.07) is 5.37. The van der Waals surface area contributed by atoms with Gasteiger partial charge in [-0.15, -0.1) is 5.10 Å². The van der Waals surface area contributed by atoms with Crippen molar-refractivity contribution in [3.63, 3.8) is 0 Å². The second kappa shape index (κ2) is 5.96. The molecule has 3 aromatic heterocycles. The molecule has 0 aliphatic rings. The van der Waals surface area contributed by atoms with Gasteiger partial charge in [-0.2, -0.15) is 4.98 Å². The third-order valence-electron chi connectivity index (χ3n) is 2.77. The maximum absolute atomic E-state index is 12.0. The monoisotopic (exact) mass is 303 g/mol. The Labute approximate surface area is 124 Å². The van der Waals surface area contributed by atoms with Crippen LogP contribution in [0.25, 0.3) is 5.78 Å². The summed E-state index contributed by atoms with van der Waals surface area (Å²) in [7, 11) is 0. The third-order valence-corrected chi connectivity index (χ3v) is 3.72. The normalized spacial score (nSPS) is 12.4. The van der Waals surface area contributed by atoms with E-state index in [1.54, 1.807) is 42.2 Å². The molecule has 8 heteroatoms. The molecule has 0 spiro atoms. The fourth-order valence-corrected chi connectivity index (χ4v) is 2.48. The van der Waals surface area contributed by atoms with Gasteiger partial charge in [0.15, 0.2) is 0 Å². The number of furan rings is 1. The Morgan fingerprint density at radius 2 is 2.43 bits per heavy atom. The number of carbonyl (C=O) groups excluding carboxylic acids is 1. The Morgan fingerprint density at radius 3 is 3.19 bits per heavy atom. The first-order valence-electron chi connectivity index (χ1n) is 6.36. The first-order valence-corrected chi connectivity index (χ1v) is 7.24. The number of rotatable bonds is 5. The lowest BCUT2D eigenvalue weighted by molar-refractivity contribution is -0.120. The van der Waals surface area contributed by atoms with E-state index in [-0.39, 0.29) is 11.2 Å². The number of hydrogen-bond acceptors (Lipinski definition) is 6.